The molecule has 20 heavy (non-hydrogen) atoms. The lowest BCUT2D eigenvalue weighted by molar-refractivity contribution is -0.143. The molecule has 0 aliphatic carbocycles. The third-order valence-electron chi connectivity index (χ3n) is 2.91. The minimum Gasteiger partial charge on any atom is -0.389 e. The zero-order chi connectivity index (χ0) is 15.0. The van der Waals surface area contributed by atoms with Gasteiger partial charge in [0, 0.05) is 20.7 Å². The second kappa shape index (κ2) is 8.68. The van der Waals surface area contributed by atoms with Crippen LogP contribution >= 0.6 is 0 Å². The van der Waals surface area contributed by atoms with Crippen LogP contribution in [-0.2, 0) is 20.9 Å². The van der Waals surface area contributed by atoms with Crippen molar-refractivity contribution in [2.45, 2.75) is 25.7 Å². The molecule has 0 bridgehead atoms. The summed E-state index contributed by atoms with van der Waals surface area (Å²) in [5, 5.41) is 9.60. The molecule has 0 aromatic heterocycles. The molecule has 1 rings (SSSR count). The number of hydrogen-bond acceptors (Lipinski definition) is 4. The topological polar surface area (TPSA) is 59.0 Å². The van der Waals surface area contributed by atoms with Gasteiger partial charge in [-0.2, -0.15) is 0 Å². The molecule has 0 aliphatic heterocycles. The second-order valence-electron chi connectivity index (χ2n) is 4.77. The zero-order valence-corrected chi connectivity index (χ0v) is 12.3. The van der Waals surface area contributed by atoms with Gasteiger partial charge in [0.05, 0.1) is 19.3 Å². The Balaban J connectivity index is 2.38. The molecule has 1 aromatic rings. The molecular formula is C15H23NO4. The molecule has 2 atom stereocenters. The molecule has 2 unspecified atom stereocenters. The van der Waals surface area contributed by atoms with Crippen LogP contribution in [0.5, 0.6) is 0 Å². The van der Waals surface area contributed by atoms with Crippen LogP contribution in [0.4, 0.5) is 0 Å². The third-order valence-corrected chi connectivity index (χ3v) is 2.91. The number of carbonyl (C=O) groups excluding carboxylic acids is 1. The van der Waals surface area contributed by atoms with E-state index in [2.05, 4.69) is 0 Å². The maximum Gasteiger partial charge on any atom is 0.251 e. The van der Waals surface area contributed by atoms with Crippen LogP contribution in [0.1, 0.15) is 12.5 Å². The van der Waals surface area contributed by atoms with E-state index in [1.54, 1.807) is 14.0 Å². The van der Waals surface area contributed by atoms with Crippen LogP contribution < -0.4 is 0 Å². The molecule has 1 amide bonds. The van der Waals surface area contributed by atoms with Gasteiger partial charge in [0.2, 0.25) is 0 Å². The number of nitrogens with zero attached hydrogens (tertiary/aromatic N) is 1. The van der Waals surface area contributed by atoms with Crippen LogP contribution in [0.25, 0.3) is 0 Å². The Morgan fingerprint density at radius 2 is 2.00 bits per heavy atom. The zero-order valence-electron chi connectivity index (χ0n) is 12.3. The van der Waals surface area contributed by atoms with Crippen LogP contribution in [0, 0.1) is 0 Å². The quantitative estimate of drug-likeness (QED) is 0.774. The molecule has 0 radical (unpaired) electrons. The van der Waals surface area contributed by atoms with Gasteiger partial charge in [0.25, 0.3) is 5.91 Å². The average molecular weight is 281 g/mol. The van der Waals surface area contributed by atoms with E-state index in [1.807, 2.05) is 30.3 Å². The molecule has 5 nitrogen and oxygen atoms in total. The number of benzene rings is 1. The summed E-state index contributed by atoms with van der Waals surface area (Å²) in [6.45, 7) is 2.54. The van der Waals surface area contributed by atoms with Gasteiger partial charge in [-0.1, -0.05) is 30.3 Å². The molecule has 0 heterocycles. The second-order valence-corrected chi connectivity index (χ2v) is 4.77. The summed E-state index contributed by atoms with van der Waals surface area (Å²) >= 11 is 0. The van der Waals surface area contributed by atoms with E-state index in [0.29, 0.717) is 6.61 Å². The molecule has 0 spiro atoms. The first kappa shape index (κ1) is 16.6. The van der Waals surface area contributed by atoms with Gasteiger partial charge in [-0.15, -0.1) is 0 Å². The predicted octanol–water partition coefficient (Wildman–Crippen LogP) is 1.06. The first-order chi connectivity index (χ1) is 9.54. The van der Waals surface area contributed by atoms with Crippen molar-refractivity contribution in [3.05, 3.63) is 35.9 Å². The van der Waals surface area contributed by atoms with Gasteiger partial charge in [0.1, 0.15) is 6.10 Å². The van der Waals surface area contributed by atoms with Gasteiger partial charge in [0.15, 0.2) is 0 Å². The fraction of sp³-hybridized carbons (Fsp3) is 0.533. The van der Waals surface area contributed by atoms with Crippen LogP contribution in [0.2, 0.25) is 0 Å². The van der Waals surface area contributed by atoms with E-state index in [-0.39, 0.29) is 19.1 Å². The Labute approximate surface area is 120 Å². The number of amides is 1. The Morgan fingerprint density at radius 3 is 2.60 bits per heavy atom. The van der Waals surface area contributed by atoms with Gasteiger partial charge in [-0.3, -0.25) is 4.79 Å². The van der Waals surface area contributed by atoms with Crippen molar-refractivity contribution >= 4 is 5.91 Å². The number of carbonyl (C=O) groups is 1. The maximum absolute atomic E-state index is 12.1. The lowest BCUT2D eigenvalue weighted by atomic mass is 10.2. The number of aliphatic hydroxyl groups excluding tert-OH is 1. The summed E-state index contributed by atoms with van der Waals surface area (Å²) < 4.78 is 10.4. The molecule has 0 fully saturated rings. The minimum absolute atomic E-state index is 0.156. The fourth-order valence-electron chi connectivity index (χ4n) is 1.83. The Bertz CT molecular complexity index is 396. The smallest absolute Gasteiger partial charge is 0.251 e. The summed E-state index contributed by atoms with van der Waals surface area (Å²) in [5.41, 5.74) is 1.02. The van der Waals surface area contributed by atoms with E-state index in [9.17, 15) is 9.90 Å². The van der Waals surface area contributed by atoms with Crippen molar-refractivity contribution in [2.24, 2.45) is 0 Å². The van der Waals surface area contributed by atoms with E-state index >= 15 is 0 Å². The lowest BCUT2D eigenvalue weighted by Crippen LogP contribution is -2.41. The standard InChI is InChI=1S/C15H23NO4/c1-12(20-10-13-7-5-4-6-8-13)15(18)16(2)9-14(17)11-19-3/h4-8,12,14,17H,9-11H2,1-3H3. The SMILES string of the molecule is COCC(O)CN(C)C(=O)C(C)OCc1ccccc1. The Morgan fingerprint density at radius 1 is 1.35 bits per heavy atom. The molecule has 1 aromatic carbocycles. The van der Waals surface area contributed by atoms with E-state index in [1.165, 1.54) is 12.0 Å². The average Bonchev–Trinajstić information content (AvgIpc) is 2.45. The molecule has 0 saturated carbocycles. The molecular weight excluding hydrogens is 258 g/mol. The first-order valence-corrected chi connectivity index (χ1v) is 6.62. The largest absolute Gasteiger partial charge is 0.389 e. The van der Waals surface area contributed by atoms with E-state index in [4.69, 9.17) is 9.47 Å². The van der Waals surface area contributed by atoms with Crippen molar-refractivity contribution in [1.29, 1.82) is 0 Å². The van der Waals surface area contributed by atoms with E-state index in [0.717, 1.165) is 5.56 Å². The van der Waals surface area contributed by atoms with Crippen molar-refractivity contribution in [3.8, 4) is 0 Å². The number of aliphatic hydroxyl groups is 1. The minimum atomic E-state index is -0.685. The summed E-state index contributed by atoms with van der Waals surface area (Å²) in [4.78, 5) is 13.5. The Kier molecular flexibility index (Phi) is 7.22. The first-order valence-electron chi connectivity index (χ1n) is 6.62. The highest BCUT2D eigenvalue weighted by atomic mass is 16.5. The normalized spacial score (nSPS) is 13.8. The van der Waals surface area contributed by atoms with Gasteiger partial charge >= 0.3 is 0 Å². The highest BCUT2D eigenvalue weighted by Gasteiger charge is 2.20. The van der Waals surface area contributed by atoms with Crippen LogP contribution in [0.15, 0.2) is 30.3 Å². The highest BCUT2D eigenvalue weighted by Crippen LogP contribution is 2.05. The van der Waals surface area contributed by atoms with Crippen LogP contribution in [0.3, 0.4) is 0 Å². The lowest BCUT2D eigenvalue weighted by Gasteiger charge is -2.23. The number of hydrogen-bond donors (Lipinski definition) is 1. The fourth-order valence-corrected chi connectivity index (χ4v) is 1.83. The van der Waals surface area contributed by atoms with Gasteiger partial charge in [-0.25, -0.2) is 0 Å². The van der Waals surface area contributed by atoms with Crippen molar-refractivity contribution in [1.82, 2.24) is 4.90 Å². The summed E-state index contributed by atoms with van der Waals surface area (Å²) in [6.07, 6.45) is -1.23. The van der Waals surface area contributed by atoms with E-state index < -0.39 is 12.2 Å². The predicted molar refractivity (Wildman–Crippen MR) is 76.2 cm³/mol. The number of rotatable bonds is 8. The molecule has 1 N–H and O–H groups in total. The molecule has 0 saturated heterocycles. The van der Waals surface area contributed by atoms with Crippen molar-refractivity contribution < 1.29 is 19.4 Å². The monoisotopic (exact) mass is 281 g/mol. The molecule has 5 heteroatoms. The Hall–Kier alpha value is -1.43. The number of likely N-dealkylation sites (N-methyl/N-ethyl adjacent to an activating group) is 1. The highest BCUT2D eigenvalue weighted by molar-refractivity contribution is 5.80. The summed E-state index contributed by atoms with van der Waals surface area (Å²) in [7, 11) is 3.15. The van der Waals surface area contributed by atoms with Gasteiger partial charge in [-0.05, 0) is 12.5 Å². The summed E-state index contributed by atoms with van der Waals surface area (Å²) in [6, 6.07) is 9.69. The summed E-state index contributed by atoms with van der Waals surface area (Å²) in [5.74, 6) is -0.156. The number of methoxy groups -OCH3 is 1. The maximum atomic E-state index is 12.1. The van der Waals surface area contributed by atoms with Crippen molar-refractivity contribution in [2.75, 3.05) is 27.3 Å². The van der Waals surface area contributed by atoms with Gasteiger partial charge < -0.3 is 19.5 Å². The van der Waals surface area contributed by atoms with Crippen LogP contribution in [-0.4, -0.2) is 55.4 Å². The molecule has 112 valence electrons. The third kappa shape index (κ3) is 5.69. The number of ether oxygens (including phenoxy) is 2. The van der Waals surface area contributed by atoms with Crippen molar-refractivity contribution in [3.63, 3.8) is 0 Å². The molecule has 0 aliphatic rings.